The summed E-state index contributed by atoms with van der Waals surface area (Å²) in [5.74, 6) is -1.22. The van der Waals surface area contributed by atoms with E-state index in [1.54, 1.807) is 0 Å². The first-order chi connectivity index (χ1) is 7.71. The number of rotatable bonds is 4. The molecule has 0 heterocycles. The van der Waals surface area contributed by atoms with Crippen LogP contribution in [-0.2, 0) is 4.57 Å². The summed E-state index contributed by atoms with van der Waals surface area (Å²) in [4.78, 5) is 27.8. The largest absolute Gasteiger partial charge is 0.366 e. The van der Waals surface area contributed by atoms with Gasteiger partial charge in [0.05, 0.1) is 4.92 Å². The van der Waals surface area contributed by atoms with Gasteiger partial charge in [0.25, 0.3) is 5.69 Å². The van der Waals surface area contributed by atoms with Gasteiger partial charge in [0.15, 0.2) is 0 Å². The maximum atomic E-state index is 10.9. The molecule has 0 radical (unpaired) electrons. The second kappa shape index (κ2) is 5.01. The predicted octanol–water partition coefficient (Wildman–Crippen LogP) is 2.18. The first-order valence-electron chi connectivity index (χ1n) is 4.47. The van der Waals surface area contributed by atoms with Gasteiger partial charge in [0, 0.05) is 11.1 Å². The van der Waals surface area contributed by atoms with Gasteiger partial charge in [0.2, 0.25) is 0 Å². The number of benzene rings is 1. The zero-order valence-corrected chi connectivity index (χ0v) is 10.4. The lowest BCUT2D eigenvalue weighted by atomic mass is 10.2. The van der Waals surface area contributed by atoms with Crippen molar-refractivity contribution in [1.82, 2.24) is 0 Å². The van der Waals surface area contributed by atoms with E-state index in [1.165, 1.54) is 19.1 Å². The number of nitrogens with one attached hydrogen (secondary N) is 1. The van der Waals surface area contributed by atoms with Crippen LogP contribution in [0.4, 0.5) is 11.4 Å². The molecule has 1 atom stereocenters. The van der Waals surface area contributed by atoms with Crippen molar-refractivity contribution >= 4 is 30.6 Å². The first-order valence-corrected chi connectivity index (χ1v) is 6.53. The molecule has 1 unspecified atom stereocenters. The van der Waals surface area contributed by atoms with E-state index in [0.29, 0.717) is 0 Å². The minimum atomic E-state index is -4.35. The van der Waals surface area contributed by atoms with Crippen molar-refractivity contribution in [1.29, 1.82) is 0 Å². The molecule has 1 aromatic carbocycles. The Morgan fingerprint density at radius 2 is 2.12 bits per heavy atom. The van der Waals surface area contributed by atoms with Gasteiger partial charge in [-0.15, -0.1) is 0 Å². The zero-order valence-electron chi connectivity index (χ0n) is 8.70. The molecule has 7 nitrogen and oxygen atoms in total. The maximum Gasteiger partial charge on any atom is 0.347 e. The molecule has 0 aliphatic carbocycles. The average molecular weight is 281 g/mol. The molecule has 0 aliphatic rings. The highest BCUT2D eigenvalue weighted by molar-refractivity contribution is 7.52. The highest BCUT2D eigenvalue weighted by Crippen LogP contribution is 2.42. The number of hydrogen-bond donors (Lipinski definition) is 3. The SMILES string of the molecule is CC(Nc1ccc(Cl)cc1[N+](=O)[O-])P(=O)(O)O. The summed E-state index contributed by atoms with van der Waals surface area (Å²) in [7, 11) is -4.35. The standard InChI is InChI=1S/C8H10ClN2O5P/c1-5(17(14,15)16)10-7-3-2-6(9)4-8(7)11(12)13/h2-5,10H,1H3,(H2,14,15,16). The lowest BCUT2D eigenvalue weighted by Crippen LogP contribution is -2.16. The Labute approximate surface area is 102 Å². The quantitative estimate of drug-likeness (QED) is 0.442. The summed E-state index contributed by atoms with van der Waals surface area (Å²) in [6.45, 7) is 1.24. The number of nitro groups is 1. The predicted molar refractivity (Wildman–Crippen MR) is 63.2 cm³/mol. The third-order valence-corrected chi connectivity index (χ3v) is 3.40. The van der Waals surface area contributed by atoms with E-state index in [2.05, 4.69) is 5.32 Å². The molecule has 0 saturated carbocycles. The Kier molecular flexibility index (Phi) is 4.11. The van der Waals surface area contributed by atoms with Crippen molar-refractivity contribution in [3.63, 3.8) is 0 Å². The van der Waals surface area contributed by atoms with Crippen LogP contribution in [0, 0.1) is 10.1 Å². The molecule has 1 rings (SSSR count). The van der Waals surface area contributed by atoms with Crippen LogP contribution in [0.2, 0.25) is 5.02 Å². The van der Waals surface area contributed by atoms with Crippen molar-refractivity contribution in [3.05, 3.63) is 33.3 Å². The van der Waals surface area contributed by atoms with E-state index in [4.69, 9.17) is 21.4 Å². The Balaban J connectivity index is 3.07. The molecule has 94 valence electrons. The van der Waals surface area contributed by atoms with Crippen LogP contribution >= 0.6 is 19.2 Å². The molecular formula is C8H10ClN2O5P. The van der Waals surface area contributed by atoms with Crippen LogP contribution in [0.3, 0.4) is 0 Å². The summed E-state index contributed by atoms with van der Waals surface area (Å²) in [5, 5.41) is 13.3. The molecule has 1 aromatic rings. The number of nitro benzene ring substituents is 1. The van der Waals surface area contributed by atoms with E-state index >= 15 is 0 Å². The summed E-state index contributed by atoms with van der Waals surface area (Å²) >= 11 is 5.60. The number of nitrogens with zero attached hydrogens (tertiary/aromatic N) is 1. The van der Waals surface area contributed by atoms with Crippen LogP contribution in [0.15, 0.2) is 18.2 Å². The Bertz CT molecular complexity index is 489. The van der Waals surface area contributed by atoms with E-state index in [1.807, 2.05) is 0 Å². The van der Waals surface area contributed by atoms with Gasteiger partial charge >= 0.3 is 7.60 Å². The summed E-state index contributed by atoms with van der Waals surface area (Å²) < 4.78 is 10.9. The fourth-order valence-corrected chi connectivity index (χ4v) is 1.56. The molecule has 3 N–H and O–H groups in total. The Morgan fingerprint density at radius 3 is 2.59 bits per heavy atom. The molecule has 0 amide bonds. The van der Waals surface area contributed by atoms with E-state index in [9.17, 15) is 14.7 Å². The lowest BCUT2D eigenvalue weighted by Gasteiger charge is -2.16. The van der Waals surface area contributed by atoms with Gasteiger partial charge in [0.1, 0.15) is 11.5 Å². The summed E-state index contributed by atoms with van der Waals surface area (Å²) in [6, 6.07) is 3.80. The molecule has 0 aromatic heterocycles. The van der Waals surface area contributed by atoms with E-state index in [-0.39, 0.29) is 16.4 Å². The average Bonchev–Trinajstić information content (AvgIpc) is 2.18. The molecule has 0 aliphatic heterocycles. The lowest BCUT2D eigenvalue weighted by molar-refractivity contribution is -0.383. The second-order valence-corrected chi connectivity index (χ2v) is 5.72. The summed E-state index contributed by atoms with van der Waals surface area (Å²) in [6.07, 6.45) is 0. The number of halogens is 1. The third-order valence-electron chi connectivity index (χ3n) is 2.03. The second-order valence-electron chi connectivity index (χ2n) is 3.33. The molecule has 0 saturated heterocycles. The van der Waals surface area contributed by atoms with Crippen LogP contribution in [0.25, 0.3) is 0 Å². The molecule has 9 heteroatoms. The topological polar surface area (TPSA) is 113 Å². The van der Waals surface area contributed by atoms with Gasteiger partial charge in [-0.05, 0) is 19.1 Å². The highest BCUT2D eigenvalue weighted by Gasteiger charge is 2.26. The van der Waals surface area contributed by atoms with Gasteiger partial charge in [-0.3, -0.25) is 14.7 Å². The van der Waals surface area contributed by atoms with Crippen LogP contribution in [-0.4, -0.2) is 20.5 Å². The van der Waals surface area contributed by atoms with Gasteiger partial charge in [-0.2, -0.15) is 0 Å². The van der Waals surface area contributed by atoms with Crippen molar-refractivity contribution < 1.29 is 19.3 Å². The van der Waals surface area contributed by atoms with Crippen LogP contribution < -0.4 is 5.32 Å². The van der Waals surface area contributed by atoms with Crippen LogP contribution in [0.1, 0.15) is 6.92 Å². The van der Waals surface area contributed by atoms with Gasteiger partial charge < -0.3 is 15.1 Å². The van der Waals surface area contributed by atoms with Crippen molar-refractivity contribution in [2.24, 2.45) is 0 Å². The summed E-state index contributed by atoms with van der Waals surface area (Å²) in [5.41, 5.74) is -0.326. The molecular weight excluding hydrogens is 271 g/mol. The normalized spacial score (nSPS) is 13.2. The number of anilines is 1. The Hall–Kier alpha value is -1.14. The molecule has 0 spiro atoms. The first kappa shape index (κ1) is 13.9. The third kappa shape index (κ3) is 3.67. The van der Waals surface area contributed by atoms with E-state index < -0.39 is 18.3 Å². The maximum absolute atomic E-state index is 10.9. The molecule has 0 bridgehead atoms. The minimum absolute atomic E-state index is 0.00947. The smallest absolute Gasteiger partial charge is 0.347 e. The molecule has 0 fully saturated rings. The van der Waals surface area contributed by atoms with Crippen molar-refractivity contribution in [3.8, 4) is 0 Å². The number of hydrogen-bond acceptors (Lipinski definition) is 4. The molecule has 17 heavy (non-hydrogen) atoms. The van der Waals surface area contributed by atoms with Crippen molar-refractivity contribution in [2.45, 2.75) is 12.7 Å². The minimum Gasteiger partial charge on any atom is -0.366 e. The van der Waals surface area contributed by atoms with E-state index in [0.717, 1.165) is 6.07 Å². The van der Waals surface area contributed by atoms with Gasteiger partial charge in [-0.1, -0.05) is 11.6 Å². The van der Waals surface area contributed by atoms with Crippen molar-refractivity contribution in [2.75, 3.05) is 5.32 Å². The monoisotopic (exact) mass is 280 g/mol. The Morgan fingerprint density at radius 1 is 1.53 bits per heavy atom. The van der Waals surface area contributed by atoms with Crippen LogP contribution in [0.5, 0.6) is 0 Å². The fraction of sp³-hybridized carbons (Fsp3) is 0.250. The highest BCUT2D eigenvalue weighted by atomic mass is 35.5. The van der Waals surface area contributed by atoms with Gasteiger partial charge in [-0.25, -0.2) is 0 Å². The zero-order chi connectivity index (χ0) is 13.2. The fourth-order valence-electron chi connectivity index (χ4n) is 1.09.